The van der Waals surface area contributed by atoms with Gasteiger partial charge in [0.05, 0.1) is 36.9 Å². The molecule has 4 aromatic rings. The van der Waals surface area contributed by atoms with Crippen LogP contribution in [0.4, 0.5) is 18.9 Å². The van der Waals surface area contributed by atoms with Gasteiger partial charge in [0.2, 0.25) is 5.88 Å². The minimum Gasteiger partial charge on any atom is -0.497 e. The summed E-state index contributed by atoms with van der Waals surface area (Å²) in [4.78, 5) is 23.5. The minimum atomic E-state index is -4.52. The standard InChI is InChI=1S/C29H25F3N6O3/c1-17-15-19(21-8-9-23-22(33-21)10-12-25(34-23)29(30,31)32)5-11-24(17)37-13-14-41-28-26(27(37)39)35-36-38(28)16-18-3-6-20(40-2)7-4-18/h3-12,15,35-36H,13-14,16H2,1-2H3. The lowest BCUT2D eigenvalue weighted by Crippen LogP contribution is -2.42. The molecule has 2 aromatic heterocycles. The molecule has 9 nitrogen and oxygen atoms in total. The number of rotatable bonds is 5. The molecule has 210 valence electrons. The first-order valence-electron chi connectivity index (χ1n) is 12.8. The molecule has 2 aromatic carbocycles. The number of hydrogen-bond acceptors (Lipinski definition) is 8. The molecule has 0 fully saturated rings. The summed E-state index contributed by atoms with van der Waals surface area (Å²) in [6, 6.07) is 18.6. The third-order valence-corrected chi connectivity index (χ3v) is 6.90. The van der Waals surface area contributed by atoms with Crippen LogP contribution < -0.4 is 20.6 Å². The highest BCUT2D eigenvalue weighted by molar-refractivity contribution is 6.06. The Hall–Kier alpha value is -4.84. The molecular weight excluding hydrogens is 537 g/mol. The number of methoxy groups -OCH3 is 1. The maximum Gasteiger partial charge on any atom is 0.433 e. The number of nitrogens with one attached hydrogen (secondary N) is 2. The largest absolute Gasteiger partial charge is 0.497 e. The van der Waals surface area contributed by atoms with E-state index >= 15 is 0 Å². The number of carbonyl (C=O) groups is 1. The number of carbonyl (C=O) groups excluding carboxylic acids is 1. The summed E-state index contributed by atoms with van der Waals surface area (Å²) in [5, 5.41) is 1.74. The summed E-state index contributed by atoms with van der Waals surface area (Å²) in [6.45, 7) is 2.98. The van der Waals surface area contributed by atoms with Crippen LogP contribution >= 0.6 is 0 Å². The number of anilines is 1. The number of halogens is 3. The molecule has 2 aliphatic rings. The molecule has 6 rings (SSSR count). The van der Waals surface area contributed by atoms with Crippen molar-refractivity contribution in [3.8, 4) is 17.0 Å². The molecule has 41 heavy (non-hydrogen) atoms. The Bertz CT molecular complexity index is 1670. The Morgan fingerprint density at radius 3 is 2.49 bits per heavy atom. The second kappa shape index (κ2) is 10.3. The van der Waals surface area contributed by atoms with Crippen LogP contribution in [0.3, 0.4) is 0 Å². The fourth-order valence-corrected chi connectivity index (χ4v) is 4.83. The monoisotopic (exact) mass is 562 g/mol. The molecule has 0 spiro atoms. The Morgan fingerprint density at radius 1 is 1.00 bits per heavy atom. The van der Waals surface area contributed by atoms with Crippen LogP contribution in [-0.4, -0.2) is 41.1 Å². The zero-order chi connectivity index (χ0) is 28.7. The van der Waals surface area contributed by atoms with E-state index in [9.17, 15) is 18.0 Å². The van der Waals surface area contributed by atoms with Gasteiger partial charge in [-0.25, -0.2) is 9.97 Å². The molecule has 0 bridgehead atoms. The van der Waals surface area contributed by atoms with Gasteiger partial charge in [-0.1, -0.05) is 18.2 Å². The van der Waals surface area contributed by atoms with Crippen LogP contribution in [0.25, 0.3) is 22.3 Å². The van der Waals surface area contributed by atoms with Crippen molar-refractivity contribution in [3.05, 3.63) is 95.1 Å². The zero-order valence-electron chi connectivity index (χ0n) is 22.1. The van der Waals surface area contributed by atoms with Gasteiger partial charge in [0, 0.05) is 11.3 Å². The van der Waals surface area contributed by atoms with Crippen molar-refractivity contribution < 1.29 is 27.4 Å². The van der Waals surface area contributed by atoms with Crippen molar-refractivity contribution in [2.24, 2.45) is 0 Å². The average molecular weight is 563 g/mol. The molecule has 0 aliphatic carbocycles. The number of hydrogen-bond donors (Lipinski definition) is 2. The minimum absolute atomic E-state index is 0.162. The fraction of sp³-hybridized carbons (Fsp3) is 0.207. The number of hydrazine groups is 2. The molecule has 0 unspecified atom stereocenters. The predicted molar refractivity (Wildman–Crippen MR) is 145 cm³/mol. The van der Waals surface area contributed by atoms with E-state index in [0.717, 1.165) is 28.5 Å². The molecule has 0 radical (unpaired) electrons. The van der Waals surface area contributed by atoms with E-state index in [1.165, 1.54) is 12.1 Å². The topological polar surface area (TPSA) is 91.8 Å². The van der Waals surface area contributed by atoms with Crippen LogP contribution in [0.1, 0.15) is 16.8 Å². The van der Waals surface area contributed by atoms with Gasteiger partial charge in [-0.3, -0.25) is 15.2 Å². The second-order valence-electron chi connectivity index (χ2n) is 9.59. The number of nitrogens with zero attached hydrogens (tertiary/aromatic N) is 4. The fourth-order valence-electron chi connectivity index (χ4n) is 4.83. The van der Waals surface area contributed by atoms with Crippen LogP contribution in [-0.2, 0) is 22.3 Å². The van der Waals surface area contributed by atoms with E-state index in [1.54, 1.807) is 23.1 Å². The Kier molecular flexibility index (Phi) is 6.62. The summed E-state index contributed by atoms with van der Waals surface area (Å²) in [5.74, 6) is 0.936. The highest BCUT2D eigenvalue weighted by atomic mass is 19.4. The third kappa shape index (κ3) is 5.09. The number of amides is 1. The van der Waals surface area contributed by atoms with E-state index in [0.29, 0.717) is 41.6 Å². The van der Waals surface area contributed by atoms with Gasteiger partial charge in [0.25, 0.3) is 5.91 Å². The number of alkyl halides is 3. The lowest BCUT2D eigenvalue weighted by molar-refractivity contribution is -0.141. The first-order valence-corrected chi connectivity index (χ1v) is 12.8. The Morgan fingerprint density at radius 2 is 1.76 bits per heavy atom. The predicted octanol–water partition coefficient (Wildman–Crippen LogP) is 4.69. The Labute approximate surface area is 233 Å². The quantitative estimate of drug-likeness (QED) is 0.362. The van der Waals surface area contributed by atoms with Gasteiger partial charge in [-0.15, -0.1) is 5.53 Å². The first kappa shape index (κ1) is 26.4. The van der Waals surface area contributed by atoms with Crippen molar-refractivity contribution in [1.29, 1.82) is 0 Å². The number of benzene rings is 2. The van der Waals surface area contributed by atoms with Crippen LogP contribution in [0.2, 0.25) is 0 Å². The van der Waals surface area contributed by atoms with Gasteiger partial charge in [0.1, 0.15) is 18.1 Å². The maximum absolute atomic E-state index is 13.6. The van der Waals surface area contributed by atoms with E-state index in [-0.39, 0.29) is 18.0 Å². The van der Waals surface area contributed by atoms with E-state index in [1.807, 2.05) is 49.4 Å². The number of aryl methyl sites for hydroxylation is 1. The van der Waals surface area contributed by atoms with E-state index in [2.05, 4.69) is 20.9 Å². The molecule has 1 amide bonds. The first-order chi connectivity index (χ1) is 19.7. The highest BCUT2D eigenvalue weighted by Gasteiger charge is 2.35. The SMILES string of the molecule is COc1ccc(CN2NNC3=C2OCCN(c2ccc(-c4ccc5nc(C(F)(F)F)ccc5n4)cc2C)C3=O)cc1. The van der Waals surface area contributed by atoms with Gasteiger partial charge in [0.15, 0.2) is 5.70 Å². The molecule has 2 aliphatic heterocycles. The van der Waals surface area contributed by atoms with Gasteiger partial charge < -0.3 is 14.4 Å². The highest BCUT2D eigenvalue weighted by Crippen LogP contribution is 2.32. The van der Waals surface area contributed by atoms with Crippen molar-refractivity contribution in [2.75, 3.05) is 25.2 Å². The van der Waals surface area contributed by atoms with Gasteiger partial charge in [-0.05, 0) is 66.6 Å². The van der Waals surface area contributed by atoms with Gasteiger partial charge in [-0.2, -0.15) is 13.2 Å². The summed E-state index contributed by atoms with van der Waals surface area (Å²) in [5.41, 5.74) is 9.71. The number of aromatic nitrogens is 2. The van der Waals surface area contributed by atoms with Crippen molar-refractivity contribution in [1.82, 2.24) is 25.9 Å². The summed E-state index contributed by atoms with van der Waals surface area (Å²) >= 11 is 0. The number of fused-ring (bicyclic) bond motifs is 1. The summed E-state index contributed by atoms with van der Waals surface area (Å²) in [6.07, 6.45) is -4.52. The molecule has 12 heteroatoms. The average Bonchev–Trinajstić information content (AvgIpc) is 3.28. The normalized spacial score (nSPS) is 15.5. The summed E-state index contributed by atoms with van der Waals surface area (Å²) in [7, 11) is 1.61. The maximum atomic E-state index is 13.6. The number of pyridine rings is 2. The van der Waals surface area contributed by atoms with E-state index < -0.39 is 11.9 Å². The summed E-state index contributed by atoms with van der Waals surface area (Å²) < 4.78 is 50.3. The van der Waals surface area contributed by atoms with Gasteiger partial charge >= 0.3 is 6.18 Å². The lowest BCUT2D eigenvalue weighted by atomic mass is 10.0. The van der Waals surface area contributed by atoms with E-state index in [4.69, 9.17) is 9.47 Å². The molecule has 0 saturated carbocycles. The third-order valence-electron chi connectivity index (χ3n) is 6.90. The second-order valence-corrected chi connectivity index (χ2v) is 9.59. The molecule has 2 N–H and O–H groups in total. The Balaban J connectivity index is 1.23. The molecule has 4 heterocycles. The van der Waals surface area contributed by atoms with Crippen molar-refractivity contribution >= 4 is 22.6 Å². The smallest absolute Gasteiger partial charge is 0.433 e. The van der Waals surface area contributed by atoms with Crippen molar-refractivity contribution in [2.45, 2.75) is 19.6 Å². The van der Waals surface area contributed by atoms with Crippen molar-refractivity contribution in [3.63, 3.8) is 0 Å². The number of ether oxygens (including phenoxy) is 2. The molecule has 0 atom stereocenters. The molecule has 0 saturated heterocycles. The zero-order valence-corrected chi connectivity index (χ0v) is 22.1. The van der Waals surface area contributed by atoms with Crippen LogP contribution in [0, 0.1) is 6.92 Å². The lowest BCUT2D eigenvalue weighted by Gasteiger charge is -2.24. The van der Waals surface area contributed by atoms with Crippen LogP contribution in [0.5, 0.6) is 5.75 Å². The molecular formula is C29H25F3N6O3. The van der Waals surface area contributed by atoms with Crippen LogP contribution in [0.15, 0.2) is 78.3 Å².